The molecule has 0 saturated heterocycles. The first-order valence-corrected chi connectivity index (χ1v) is 8.27. The van der Waals surface area contributed by atoms with E-state index < -0.39 is 11.9 Å². The van der Waals surface area contributed by atoms with Gasteiger partial charge in [0.15, 0.2) is 0 Å². The van der Waals surface area contributed by atoms with Crippen LogP contribution in [0.1, 0.15) is 28.4 Å². The molecule has 6 heteroatoms. The van der Waals surface area contributed by atoms with Crippen LogP contribution >= 0.6 is 0 Å². The fourth-order valence-electron chi connectivity index (χ4n) is 2.27. The Labute approximate surface area is 152 Å². The maximum absolute atomic E-state index is 14.3. The van der Waals surface area contributed by atoms with Gasteiger partial charge in [-0.05, 0) is 56.2 Å². The minimum atomic E-state index is -3.95. The molecule has 0 unspecified atom stereocenters. The Hall–Kier alpha value is -2.76. The normalized spacial score (nSPS) is 11.6. The number of halogens is 2. The highest BCUT2D eigenvalue weighted by molar-refractivity contribution is 6.02. The van der Waals surface area contributed by atoms with E-state index in [4.69, 9.17) is 0 Å². The van der Waals surface area contributed by atoms with Gasteiger partial charge in [-0.1, -0.05) is 18.2 Å². The number of carbonyl (C=O) groups excluding carboxylic acids is 1. The van der Waals surface area contributed by atoms with E-state index in [0.29, 0.717) is 16.8 Å². The van der Waals surface area contributed by atoms with E-state index in [2.05, 4.69) is 9.73 Å². The van der Waals surface area contributed by atoms with Crippen molar-refractivity contribution in [1.29, 1.82) is 0 Å². The summed E-state index contributed by atoms with van der Waals surface area (Å²) in [6.45, 7) is 6.11. The van der Waals surface area contributed by atoms with Crippen molar-refractivity contribution in [1.82, 2.24) is 4.90 Å². The minimum absolute atomic E-state index is 0.0657. The Bertz CT molecular complexity index is 805. The number of hydrogen-bond acceptors (Lipinski definition) is 3. The molecule has 4 nitrogen and oxygen atoms in total. The summed E-state index contributed by atoms with van der Waals surface area (Å²) in [5, 5.41) is 0. The SMILES string of the molecule is CCN(C)C=Nc1cc(C)c(C(=O)C(F)(F)Oc2ccccc2)cc1C. The molecular weight excluding hydrogens is 338 g/mol. The minimum Gasteiger partial charge on any atom is -0.426 e. The van der Waals surface area contributed by atoms with E-state index in [9.17, 15) is 13.6 Å². The smallest absolute Gasteiger partial charge is 0.426 e. The summed E-state index contributed by atoms with van der Waals surface area (Å²) in [4.78, 5) is 18.6. The number of ketones is 1. The van der Waals surface area contributed by atoms with Crippen LogP contribution in [-0.4, -0.2) is 36.7 Å². The Morgan fingerprint density at radius 1 is 1.19 bits per heavy atom. The molecule has 2 aromatic rings. The summed E-state index contributed by atoms with van der Waals surface area (Å²) in [5.41, 5.74) is 1.61. The van der Waals surface area contributed by atoms with E-state index in [1.807, 2.05) is 18.9 Å². The molecule has 2 aromatic carbocycles. The van der Waals surface area contributed by atoms with Crippen LogP contribution in [0, 0.1) is 13.8 Å². The van der Waals surface area contributed by atoms with Crippen molar-refractivity contribution in [2.75, 3.05) is 13.6 Å². The van der Waals surface area contributed by atoms with Gasteiger partial charge in [-0.25, -0.2) is 4.99 Å². The first kappa shape index (κ1) is 19.6. The average Bonchev–Trinajstić information content (AvgIpc) is 2.61. The molecule has 0 bridgehead atoms. The highest BCUT2D eigenvalue weighted by Gasteiger charge is 2.43. The van der Waals surface area contributed by atoms with Crippen LogP contribution in [0.25, 0.3) is 0 Å². The van der Waals surface area contributed by atoms with Crippen LogP contribution < -0.4 is 4.74 Å². The maximum atomic E-state index is 14.3. The molecule has 0 N–H and O–H groups in total. The first-order valence-electron chi connectivity index (χ1n) is 8.27. The lowest BCUT2D eigenvalue weighted by molar-refractivity contribution is -0.133. The fraction of sp³-hybridized carbons (Fsp3) is 0.300. The van der Waals surface area contributed by atoms with Crippen molar-refractivity contribution in [3.63, 3.8) is 0 Å². The molecule has 0 aliphatic carbocycles. The lowest BCUT2D eigenvalue weighted by Crippen LogP contribution is -2.35. The van der Waals surface area contributed by atoms with Crippen LogP contribution in [0.15, 0.2) is 47.5 Å². The fourth-order valence-corrected chi connectivity index (χ4v) is 2.27. The van der Waals surface area contributed by atoms with Gasteiger partial charge in [0.25, 0.3) is 5.78 Å². The number of para-hydroxylation sites is 1. The van der Waals surface area contributed by atoms with E-state index in [1.165, 1.54) is 18.2 Å². The number of carbonyl (C=O) groups is 1. The number of benzene rings is 2. The Morgan fingerprint density at radius 3 is 2.46 bits per heavy atom. The van der Waals surface area contributed by atoms with E-state index in [0.717, 1.165) is 6.54 Å². The molecule has 0 amide bonds. The summed E-state index contributed by atoms with van der Waals surface area (Å²) in [5.74, 6) is -1.44. The zero-order valence-corrected chi connectivity index (χ0v) is 15.3. The second kappa shape index (κ2) is 8.08. The average molecular weight is 360 g/mol. The lowest BCUT2D eigenvalue weighted by Gasteiger charge is -2.18. The molecule has 2 rings (SSSR count). The topological polar surface area (TPSA) is 41.9 Å². The molecule has 0 spiro atoms. The predicted octanol–water partition coefficient (Wildman–Crippen LogP) is 4.77. The summed E-state index contributed by atoms with van der Waals surface area (Å²) in [6.07, 6.45) is -2.29. The molecule has 0 heterocycles. The molecule has 138 valence electrons. The van der Waals surface area contributed by atoms with E-state index in [1.54, 1.807) is 44.5 Å². The predicted molar refractivity (Wildman–Crippen MR) is 98.7 cm³/mol. The second-order valence-electron chi connectivity index (χ2n) is 6.03. The van der Waals surface area contributed by atoms with Crippen LogP contribution in [0.2, 0.25) is 0 Å². The van der Waals surface area contributed by atoms with Gasteiger partial charge in [-0.2, -0.15) is 8.78 Å². The number of ether oxygens (including phenoxy) is 1. The summed E-state index contributed by atoms with van der Waals surface area (Å²) < 4.78 is 33.2. The molecule has 26 heavy (non-hydrogen) atoms. The first-order chi connectivity index (χ1) is 12.2. The molecule has 0 atom stereocenters. The third kappa shape index (κ3) is 4.65. The number of alkyl halides is 2. The van der Waals surface area contributed by atoms with Crippen molar-refractivity contribution in [2.45, 2.75) is 26.9 Å². The second-order valence-corrected chi connectivity index (χ2v) is 6.03. The third-order valence-electron chi connectivity index (χ3n) is 3.93. The molecular formula is C20H22F2N2O2. The van der Waals surface area contributed by atoms with Gasteiger partial charge in [0.1, 0.15) is 5.75 Å². The Balaban J connectivity index is 2.28. The molecule has 0 aliphatic heterocycles. The van der Waals surface area contributed by atoms with Gasteiger partial charge in [0.05, 0.1) is 12.0 Å². The number of rotatable bonds is 7. The monoisotopic (exact) mass is 360 g/mol. The van der Waals surface area contributed by atoms with Crippen LogP contribution in [-0.2, 0) is 0 Å². The number of aryl methyl sites for hydroxylation is 2. The van der Waals surface area contributed by atoms with Crippen LogP contribution in [0.3, 0.4) is 0 Å². The largest absolute Gasteiger partial charge is 0.466 e. The van der Waals surface area contributed by atoms with Crippen molar-refractivity contribution < 1.29 is 18.3 Å². The van der Waals surface area contributed by atoms with Gasteiger partial charge in [0.2, 0.25) is 0 Å². The van der Waals surface area contributed by atoms with E-state index >= 15 is 0 Å². The lowest BCUT2D eigenvalue weighted by atomic mass is 10.00. The third-order valence-corrected chi connectivity index (χ3v) is 3.93. The van der Waals surface area contributed by atoms with E-state index in [-0.39, 0.29) is 11.3 Å². The van der Waals surface area contributed by atoms with Crippen molar-refractivity contribution >= 4 is 17.8 Å². The summed E-state index contributed by atoms with van der Waals surface area (Å²) in [6, 6.07) is 10.6. The van der Waals surface area contributed by atoms with Gasteiger partial charge < -0.3 is 9.64 Å². The van der Waals surface area contributed by atoms with Crippen molar-refractivity contribution in [3.8, 4) is 5.75 Å². The van der Waals surface area contributed by atoms with Gasteiger partial charge in [-0.3, -0.25) is 4.79 Å². The van der Waals surface area contributed by atoms with Gasteiger partial charge in [-0.15, -0.1) is 0 Å². The number of Topliss-reactive ketones (excluding diaryl/α,β-unsaturated/α-hetero) is 1. The number of nitrogens with zero attached hydrogens (tertiary/aromatic N) is 2. The molecule has 0 radical (unpaired) electrons. The maximum Gasteiger partial charge on any atom is 0.466 e. The van der Waals surface area contributed by atoms with Crippen molar-refractivity contribution in [2.24, 2.45) is 4.99 Å². The Morgan fingerprint density at radius 2 is 1.85 bits per heavy atom. The van der Waals surface area contributed by atoms with Gasteiger partial charge >= 0.3 is 6.11 Å². The quantitative estimate of drug-likeness (QED) is 0.406. The highest BCUT2D eigenvalue weighted by Crippen LogP contribution is 2.30. The number of hydrogen-bond donors (Lipinski definition) is 0. The van der Waals surface area contributed by atoms with Crippen molar-refractivity contribution in [3.05, 3.63) is 59.2 Å². The zero-order valence-electron chi connectivity index (χ0n) is 15.3. The Kier molecular flexibility index (Phi) is 6.08. The zero-order chi connectivity index (χ0) is 19.3. The molecule has 0 aliphatic rings. The van der Waals surface area contributed by atoms with Gasteiger partial charge in [0, 0.05) is 19.2 Å². The molecule has 0 aromatic heterocycles. The highest BCUT2D eigenvalue weighted by atomic mass is 19.3. The van der Waals surface area contributed by atoms with Crippen LogP contribution in [0.5, 0.6) is 5.75 Å². The number of aliphatic imine (C=N–C) groups is 1. The summed E-state index contributed by atoms with van der Waals surface area (Å²) in [7, 11) is 1.88. The van der Waals surface area contributed by atoms with Crippen LogP contribution in [0.4, 0.5) is 14.5 Å². The molecule has 0 fully saturated rings. The standard InChI is InChI=1S/C20H22F2N2O2/c1-5-24(4)13-23-18-12-14(2)17(11-15(18)3)19(25)20(21,22)26-16-9-7-6-8-10-16/h6-13H,5H2,1-4H3. The molecule has 0 saturated carbocycles. The summed E-state index contributed by atoms with van der Waals surface area (Å²) >= 11 is 0.